The summed E-state index contributed by atoms with van der Waals surface area (Å²) in [7, 11) is 3.77. The number of nitrogens with zero attached hydrogens (tertiary/aromatic N) is 6. The van der Waals surface area contributed by atoms with Crippen molar-refractivity contribution in [3.63, 3.8) is 0 Å². The van der Waals surface area contributed by atoms with E-state index in [-0.39, 0.29) is 6.03 Å². The Morgan fingerprint density at radius 1 is 1.27 bits per heavy atom. The molecule has 0 saturated carbocycles. The number of hydrogen-bond acceptors (Lipinski definition) is 4. The molecule has 0 spiro atoms. The van der Waals surface area contributed by atoms with Gasteiger partial charge in [0.25, 0.3) is 0 Å². The molecule has 2 aromatic heterocycles. The Labute approximate surface area is 152 Å². The van der Waals surface area contributed by atoms with E-state index in [1.54, 1.807) is 35.4 Å². The predicted octanol–water partition coefficient (Wildman–Crippen LogP) is 2.41. The average Bonchev–Trinajstić information content (AvgIpc) is 3.29. The van der Waals surface area contributed by atoms with Gasteiger partial charge in [0.15, 0.2) is 0 Å². The number of hydrogen-bond donors (Lipinski definition) is 1. The molecule has 0 aliphatic rings. The van der Waals surface area contributed by atoms with Crippen LogP contribution in [0.4, 0.5) is 10.5 Å². The van der Waals surface area contributed by atoms with Crippen LogP contribution in [0.3, 0.4) is 0 Å². The molecule has 1 aromatic carbocycles. The van der Waals surface area contributed by atoms with Crippen LogP contribution in [0.25, 0.3) is 5.69 Å². The number of urea groups is 1. The van der Waals surface area contributed by atoms with Crippen molar-refractivity contribution < 1.29 is 4.79 Å². The number of imidazole rings is 1. The molecule has 0 saturated heterocycles. The van der Waals surface area contributed by atoms with Crippen molar-refractivity contribution in [2.75, 3.05) is 18.9 Å². The van der Waals surface area contributed by atoms with E-state index in [1.165, 1.54) is 0 Å². The van der Waals surface area contributed by atoms with Gasteiger partial charge in [0.05, 0.1) is 5.69 Å². The molecule has 1 N–H and O–H groups in total. The molecule has 3 aromatic rings. The number of aromatic nitrogens is 5. The molecule has 136 valence electrons. The van der Waals surface area contributed by atoms with Crippen molar-refractivity contribution in [2.45, 2.75) is 19.8 Å². The molecule has 2 amide bonds. The number of benzene rings is 1. The lowest BCUT2D eigenvalue weighted by molar-refractivity contribution is 0.222. The highest BCUT2D eigenvalue weighted by Gasteiger charge is 2.11. The van der Waals surface area contributed by atoms with E-state index in [2.05, 4.69) is 20.5 Å². The van der Waals surface area contributed by atoms with Crippen LogP contribution in [-0.2, 0) is 13.5 Å². The number of carbonyl (C=O) groups is 1. The lowest BCUT2D eigenvalue weighted by Gasteiger charge is -2.19. The molecular weight excluding hydrogens is 330 g/mol. The summed E-state index contributed by atoms with van der Waals surface area (Å²) in [6, 6.07) is 5.71. The second-order valence-corrected chi connectivity index (χ2v) is 6.28. The zero-order chi connectivity index (χ0) is 18.5. The minimum absolute atomic E-state index is 0.131. The molecule has 2 heterocycles. The summed E-state index contributed by atoms with van der Waals surface area (Å²) in [5.41, 5.74) is 2.67. The Balaban J connectivity index is 1.58. The molecule has 8 nitrogen and oxygen atoms in total. The average molecular weight is 353 g/mol. The summed E-state index contributed by atoms with van der Waals surface area (Å²) in [6.07, 6.45) is 8.66. The van der Waals surface area contributed by atoms with Gasteiger partial charge in [0.1, 0.15) is 18.5 Å². The fourth-order valence-electron chi connectivity index (χ4n) is 2.66. The maximum absolute atomic E-state index is 12.5. The van der Waals surface area contributed by atoms with Gasteiger partial charge in [-0.05, 0) is 31.0 Å². The molecule has 0 aliphatic heterocycles. The van der Waals surface area contributed by atoms with E-state index in [0.717, 1.165) is 35.6 Å². The third-order valence-electron chi connectivity index (χ3n) is 4.34. The first-order valence-electron chi connectivity index (χ1n) is 8.48. The maximum atomic E-state index is 12.5. The topological polar surface area (TPSA) is 80.9 Å². The first-order chi connectivity index (χ1) is 12.5. The Morgan fingerprint density at radius 2 is 2.04 bits per heavy atom. The zero-order valence-electron chi connectivity index (χ0n) is 15.3. The second kappa shape index (κ2) is 7.81. The first-order valence-corrected chi connectivity index (χ1v) is 8.48. The highest BCUT2D eigenvalue weighted by molar-refractivity contribution is 5.90. The van der Waals surface area contributed by atoms with Crippen LogP contribution in [0, 0.1) is 6.92 Å². The van der Waals surface area contributed by atoms with Crippen molar-refractivity contribution in [1.29, 1.82) is 0 Å². The number of carbonyl (C=O) groups excluding carboxylic acids is 1. The van der Waals surface area contributed by atoms with Crippen LogP contribution in [-0.4, -0.2) is 48.8 Å². The Bertz CT molecular complexity index is 870. The van der Waals surface area contributed by atoms with Gasteiger partial charge in [-0.2, -0.15) is 0 Å². The number of nitrogens with one attached hydrogen (secondary N) is 1. The third-order valence-corrected chi connectivity index (χ3v) is 4.34. The monoisotopic (exact) mass is 353 g/mol. The van der Waals surface area contributed by atoms with Crippen LogP contribution >= 0.6 is 0 Å². The van der Waals surface area contributed by atoms with Gasteiger partial charge in [-0.1, -0.05) is 6.07 Å². The normalized spacial score (nSPS) is 10.7. The lowest BCUT2D eigenvalue weighted by atomic mass is 10.2. The molecule has 26 heavy (non-hydrogen) atoms. The van der Waals surface area contributed by atoms with Crippen molar-refractivity contribution in [3.05, 3.63) is 54.6 Å². The highest BCUT2D eigenvalue weighted by Crippen LogP contribution is 2.19. The minimum atomic E-state index is -0.131. The minimum Gasteiger partial charge on any atom is -0.338 e. The fraction of sp³-hybridized carbons (Fsp3) is 0.333. The Kier molecular flexibility index (Phi) is 5.31. The summed E-state index contributed by atoms with van der Waals surface area (Å²) in [4.78, 5) is 18.5. The zero-order valence-corrected chi connectivity index (χ0v) is 15.3. The second-order valence-electron chi connectivity index (χ2n) is 6.28. The number of rotatable bonds is 6. The molecule has 0 aliphatic carbocycles. The number of anilines is 1. The van der Waals surface area contributed by atoms with E-state index in [1.807, 2.05) is 42.9 Å². The van der Waals surface area contributed by atoms with E-state index in [4.69, 9.17) is 0 Å². The van der Waals surface area contributed by atoms with Crippen molar-refractivity contribution in [1.82, 2.24) is 29.2 Å². The van der Waals surface area contributed by atoms with Gasteiger partial charge in [-0.15, -0.1) is 10.2 Å². The van der Waals surface area contributed by atoms with E-state index < -0.39 is 0 Å². The Morgan fingerprint density at radius 3 is 2.73 bits per heavy atom. The molecule has 0 fully saturated rings. The summed E-state index contributed by atoms with van der Waals surface area (Å²) >= 11 is 0. The van der Waals surface area contributed by atoms with Gasteiger partial charge in [-0.25, -0.2) is 9.78 Å². The first kappa shape index (κ1) is 17.7. The number of amides is 2. The smallest absolute Gasteiger partial charge is 0.321 e. The van der Waals surface area contributed by atoms with E-state index >= 15 is 0 Å². The van der Waals surface area contributed by atoms with Crippen LogP contribution in [0.15, 0.2) is 43.2 Å². The van der Waals surface area contributed by atoms with Crippen molar-refractivity contribution in [3.8, 4) is 5.69 Å². The molecular formula is C18H23N7O. The molecule has 0 bridgehead atoms. The van der Waals surface area contributed by atoms with Gasteiger partial charge in [0.2, 0.25) is 0 Å². The SMILES string of the molecule is Cc1ccc(-n2cnnc2)cc1NC(=O)N(C)CCCc1nccn1C. The van der Waals surface area contributed by atoms with E-state index in [9.17, 15) is 4.79 Å². The molecule has 0 atom stereocenters. The largest absolute Gasteiger partial charge is 0.338 e. The van der Waals surface area contributed by atoms with Gasteiger partial charge in [-0.3, -0.25) is 4.57 Å². The van der Waals surface area contributed by atoms with Crippen LogP contribution in [0.1, 0.15) is 17.8 Å². The van der Waals surface area contributed by atoms with Crippen LogP contribution in [0.5, 0.6) is 0 Å². The molecule has 3 rings (SSSR count). The predicted molar refractivity (Wildman–Crippen MR) is 99.3 cm³/mol. The summed E-state index contributed by atoms with van der Waals surface area (Å²) in [5.74, 6) is 1.02. The van der Waals surface area contributed by atoms with Crippen molar-refractivity contribution >= 4 is 11.7 Å². The van der Waals surface area contributed by atoms with Gasteiger partial charge >= 0.3 is 6.03 Å². The van der Waals surface area contributed by atoms with Gasteiger partial charge in [0, 0.05) is 45.1 Å². The summed E-state index contributed by atoms with van der Waals surface area (Å²) in [5, 5.41) is 10.6. The fourth-order valence-corrected chi connectivity index (χ4v) is 2.66. The quantitative estimate of drug-likeness (QED) is 0.738. The number of aryl methyl sites for hydroxylation is 3. The van der Waals surface area contributed by atoms with E-state index in [0.29, 0.717) is 6.54 Å². The molecule has 8 heteroatoms. The maximum Gasteiger partial charge on any atom is 0.321 e. The van der Waals surface area contributed by atoms with Gasteiger partial charge < -0.3 is 14.8 Å². The standard InChI is InChI=1S/C18H23N7O/c1-14-6-7-15(25-12-20-21-13-25)11-16(14)22-18(26)24(3)9-4-5-17-19-8-10-23(17)2/h6-8,10-13H,4-5,9H2,1-3H3,(H,22,26). The summed E-state index contributed by atoms with van der Waals surface area (Å²) < 4.78 is 3.80. The molecule has 0 radical (unpaired) electrons. The highest BCUT2D eigenvalue weighted by atomic mass is 16.2. The van der Waals surface area contributed by atoms with Crippen LogP contribution in [0.2, 0.25) is 0 Å². The van der Waals surface area contributed by atoms with Crippen LogP contribution < -0.4 is 5.32 Å². The lowest BCUT2D eigenvalue weighted by Crippen LogP contribution is -2.32. The third kappa shape index (κ3) is 4.08. The Hall–Kier alpha value is -3.16. The van der Waals surface area contributed by atoms with Crippen molar-refractivity contribution in [2.24, 2.45) is 7.05 Å². The molecule has 0 unspecified atom stereocenters. The summed E-state index contributed by atoms with van der Waals surface area (Å²) in [6.45, 7) is 2.62.